The summed E-state index contributed by atoms with van der Waals surface area (Å²) in [5.41, 5.74) is 3.94. The number of aryl methyl sites for hydroxylation is 2. The van der Waals surface area contributed by atoms with Crippen LogP contribution >= 0.6 is 0 Å². The molecule has 29 heavy (non-hydrogen) atoms. The van der Waals surface area contributed by atoms with Crippen molar-refractivity contribution in [2.45, 2.75) is 20.3 Å². The van der Waals surface area contributed by atoms with Gasteiger partial charge in [-0.3, -0.25) is 9.36 Å². The van der Waals surface area contributed by atoms with E-state index in [1.165, 1.54) is 0 Å². The van der Waals surface area contributed by atoms with Gasteiger partial charge in [0.15, 0.2) is 0 Å². The zero-order chi connectivity index (χ0) is 20.4. The van der Waals surface area contributed by atoms with Crippen LogP contribution in [0.3, 0.4) is 0 Å². The molecule has 0 aliphatic carbocycles. The summed E-state index contributed by atoms with van der Waals surface area (Å²) >= 11 is 0. The van der Waals surface area contributed by atoms with Gasteiger partial charge >= 0.3 is 0 Å². The molecule has 0 fully saturated rings. The van der Waals surface area contributed by atoms with E-state index in [2.05, 4.69) is 6.92 Å². The molecule has 4 nitrogen and oxygen atoms in total. The van der Waals surface area contributed by atoms with Gasteiger partial charge in [0.25, 0.3) is 5.56 Å². The highest BCUT2D eigenvalue weighted by Gasteiger charge is 2.11. The van der Waals surface area contributed by atoms with Gasteiger partial charge in [0.1, 0.15) is 11.6 Å². The fraction of sp³-hybridized carbons (Fsp3) is 0.120. The summed E-state index contributed by atoms with van der Waals surface area (Å²) in [5, 5.41) is 10.9. The second-order valence-electron chi connectivity index (χ2n) is 7.00. The van der Waals surface area contributed by atoms with Crippen molar-refractivity contribution in [2.75, 3.05) is 0 Å². The Morgan fingerprint density at radius 1 is 1.00 bits per heavy atom. The molecule has 0 atom stereocenters. The van der Waals surface area contributed by atoms with E-state index in [9.17, 15) is 9.90 Å². The van der Waals surface area contributed by atoms with Crippen LogP contribution in [0.4, 0.5) is 0 Å². The van der Waals surface area contributed by atoms with Crippen LogP contribution in [0.1, 0.15) is 29.4 Å². The van der Waals surface area contributed by atoms with Gasteiger partial charge < -0.3 is 5.11 Å². The fourth-order valence-corrected chi connectivity index (χ4v) is 3.41. The monoisotopic (exact) mass is 382 g/mol. The van der Waals surface area contributed by atoms with E-state index >= 15 is 0 Å². The maximum absolute atomic E-state index is 13.3. The van der Waals surface area contributed by atoms with Gasteiger partial charge in [-0.05, 0) is 60.9 Å². The molecule has 4 rings (SSSR count). The number of hydrogen-bond acceptors (Lipinski definition) is 3. The quantitative estimate of drug-likeness (QED) is 0.532. The standard InChI is InChI=1S/C25H22N2O2/c1-3-18-9-7-11-20(16-18)27-23(15-14-19-10-6-8-17(2)24(19)28)26-22-13-5-4-12-21(22)25(27)29/h4-16,28H,3H2,1-2H3/b15-14+. The zero-order valence-electron chi connectivity index (χ0n) is 16.5. The molecule has 1 heterocycles. The van der Waals surface area contributed by atoms with Crippen molar-refractivity contribution in [2.24, 2.45) is 0 Å². The van der Waals surface area contributed by atoms with Gasteiger partial charge in [-0.1, -0.05) is 49.4 Å². The Labute approximate surface area is 169 Å². The molecule has 0 bridgehead atoms. The van der Waals surface area contributed by atoms with E-state index in [1.54, 1.807) is 22.8 Å². The van der Waals surface area contributed by atoms with Crippen LogP contribution in [0, 0.1) is 6.92 Å². The lowest BCUT2D eigenvalue weighted by atomic mass is 10.1. The maximum atomic E-state index is 13.3. The van der Waals surface area contributed by atoms with Crippen LogP contribution in [0.2, 0.25) is 0 Å². The molecule has 4 aromatic rings. The van der Waals surface area contributed by atoms with E-state index in [0.717, 1.165) is 23.2 Å². The van der Waals surface area contributed by atoms with Gasteiger partial charge in [0.05, 0.1) is 16.6 Å². The lowest BCUT2D eigenvalue weighted by Gasteiger charge is -2.12. The van der Waals surface area contributed by atoms with Crippen LogP contribution in [0.5, 0.6) is 5.75 Å². The summed E-state index contributed by atoms with van der Waals surface area (Å²) in [4.78, 5) is 18.1. The number of para-hydroxylation sites is 2. The second kappa shape index (κ2) is 7.76. The van der Waals surface area contributed by atoms with E-state index < -0.39 is 0 Å². The minimum atomic E-state index is -0.114. The molecule has 3 aromatic carbocycles. The highest BCUT2D eigenvalue weighted by atomic mass is 16.3. The van der Waals surface area contributed by atoms with Crippen molar-refractivity contribution in [3.63, 3.8) is 0 Å². The number of phenols is 1. The lowest BCUT2D eigenvalue weighted by molar-refractivity contribution is 0.470. The molecule has 1 N–H and O–H groups in total. The Morgan fingerprint density at radius 2 is 1.79 bits per heavy atom. The predicted octanol–water partition coefficient (Wildman–Crippen LogP) is 5.13. The maximum Gasteiger partial charge on any atom is 0.266 e. The Balaban J connectivity index is 1.95. The van der Waals surface area contributed by atoms with E-state index in [-0.39, 0.29) is 11.3 Å². The molecule has 0 unspecified atom stereocenters. The fourth-order valence-electron chi connectivity index (χ4n) is 3.41. The predicted molar refractivity (Wildman–Crippen MR) is 118 cm³/mol. The van der Waals surface area contributed by atoms with Crippen molar-refractivity contribution >= 4 is 23.1 Å². The molecule has 0 aliphatic heterocycles. The highest BCUT2D eigenvalue weighted by molar-refractivity contribution is 5.80. The molecule has 0 saturated carbocycles. The summed E-state index contributed by atoms with van der Waals surface area (Å²) in [7, 11) is 0. The summed E-state index contributed by atoms with van der Waals surface area (Å²) in [6.07, 6.45) is 4.45. The normalized spacial score (nSPS) is 11.4. The van der Waals surface area contributed by atoms with Crippen LogP contribution in [0.25, 0.3) is 28.7 Å². The Morgan fingerprint density at radius 3 is 2.62 bits per heavy atom. The van der Waals surface area contributed by atoms with Gasteiger partial charge in [-0.25, -0.2) is 4.98 Å². The minimum absolute atomic E-state index is 0.114. The molecule has 144 valence electrons. The molecular formula is C25H22N2O2. The number of hydrogen-bond donors (Lipinski definition) is 1. The third-order valence-electron chi connectivity index (χ3n) is 5.06. The van der Waals surface area contributed by atoms with E-state index in [1.807, 2.05) is 67.6 Å². The highest BCUT2D eigenvalue weighted by Crippen LogP contribution is 2.24. The van der Waals surface area contributed by atoms with Crippen LogP contribution in [-0.4, -0.2) is 14.7 Å². The summed E-state index contributed by atoms with van der Waals surface area (Å²) in [6, 6.07) is 20.9. The summed E-state index contributed by atoms with van der Waals surface area (Å²) < 4.78 is 1.63. The first-order valence-corrected chi connectivity index (χ1v) is 9.66. The molecule has 1 aromatic heterocycles. The van der Waals surface area contributed by atoms with Crippen LogP contribution < -0.4 is 5.56 Å². The number of aromatic nitrogens is 2. The third-order valence-corrected chi connectivity index (χ3v) is 5.06. The van der Waals surface area contributed by atoms with Gasteiger partial charge in [-0.2, -0.15) is 0 Å². The molecule has 0 aliphatic rings. The first kappa shape index (κ1) is 18.7. The third kappa shape index (κ3) is 3.57. The average molecular weight is 382 g/mol. The van der Waals surface area contributed by atoms with E-state index in [0.29, 0.717) is 22.3 Å². The van der Waals surface area contributed by atoms with Gasteiger partial charge in [-0.15, -0.1) is 0 Å². The van der Waals surface area contributed by atoms with E-state index in [4.69, 9.17) is 4.98 Å². The average Bonchev–Trinajstić information content (AvgIpc) is 2.75. The van der Waals surface area contributed by atoms with Crippen molar-refractivity contribution in [1.29, 1.82) is 0 Å². The summed E-state index contributed by atoms with van der Waals surface area (Å²) in [6.45, 7) is 3.94. The van der Waals surface area contributed by atoms with Crippen molar-refractivity contribution in [3.8, 4) is 11.4 Å². The minimum Gasteiger partial charge on any atom is -0.507 e. The number of fused-ring (bicyclic) bond motifs is 1. The van der Waals surface area contributed by atoms with Crippen molar-refractivity contribution in [3.05, 3.63) is 99.6 Å². The number of nitrogens with zero attached hydrogens (tertiary/aromatic N) is 2. The SMILES string of the molecule is CCc1cccc(-n2c(/C=C/c3cccc(C)c3O)nc3ccccc3c2=O)c1. The lowest BCUT2D eigenvalue weighted by Crippen LogP contribution is -2.22. The largest absolute Gasteiger partial charge is 0.507 e. The molecule has 0 amide bonds. The molecule has 0 spiro atoms. The van der Waals surface area contributed by atoms with Crippen molar-refractivity contribution < 1.29 is 5.11 Å². The molecule has 4 heteroatoms. The Hall–Kier alpha value is -3.66. The number of phenolic OH excluding ortho intramolecular Hbond substituents is 1. The first-order valence-electron chi connectivity index (χ1n) is 9.66. The van der Waals surface area contributed by atoms with Crippen LogP contribution in [0.15, 0.2) is 71.5 Å². The molecule has 0 radical (unpaired) electrons. The zero-order valence-corrected chi connectivity index (χ0v) is 16.5. The smallest absolute Gasteiger partial charge is 0.266 e. The van der Waals surface area contributed by atoms with Crippen LogP contribution in [-0.2, 0) is 6.42 Å². The Kier molecular flexibility index (Phi) is 5.00. The van der Waals surface area contributed by atoms with Gasteiger partial charge in [0, 0.05) is 5.56 Å². The number of rotatable bonds is 4. The summed E-state index contributed by atoms with van der Waals surface area (Å²) in [5.74, 6) is 0.745. The number of benzene rings is 3. The Bertz CT molecular complexity index is 1290. The second-order valence-corrected chi connectivity index (χ2v) is 7.00. The topological polar surface area (TPSA) is 55.1 Å². The first-order chi connectivity index (χ1) is 14.1. The molecular weight excluding hydrogens is 360 g/mol. The van der Waals surface area contributed by atoms with Gasteiger partial charge in [0.2, 0.25) is 0 Å². The molecule has 0 saturated heterocycles. The van der Waals surface area contributed by atoms with Crippen molar-refractivity contribution in [1.82, 2.24) is 9.55 Å². The number of aromatic hydroxyl groups is 1.